The Hall–Kier alpha value is -1.26. The zero-order valence-electron chi connectivity index (χ0n) is 11.8. The third-order valence-electron chi connectivity index (χ3n) is 3.77. The number of rotatable bonds is 5. The molecule has 2 unspecified atom stereocenters. The molecule has 0 saturated carbocycles. The summed E-state index contributed by atoms with van der Waals surface area (Å²) in [6.45, 7) is 7.32. The van der Waals surface area contributed by atoms with E-state index in [-0.39, 0.29) is 6.10 Å². The lowest BCUT2D eigenvalue weighted by molar-refractivity contribution is 0.127. The number of anilines is 1. The van der Waals surface area contributed by atoms with E-state index in [1.54, 1.807) is 0 Å². The minimum Gasteiger partial charge on any atom is -0.494 e. The average molecular weight is 264 g/mol. The highest BCUT2D eigenvalue weighted by Crippen LogP contribution is 2.27. The molecule has 0 aromatic heterocycles. The maximum absolute atomic E-state index is 9.65. The van der Waals surface area contributed by atoms with E-state index in [0.29, 0.717) is 12.5 Å². The van der Waals surface area contributed by atoms with Crippen LogP contribution in [0.15, 0.2) is 18.2 Å². The van der Waals surface area contributed by atoms with E-state index in [0.717, 1.165) is 43.1 Å². The minimum absolute atomic E-state index is 0.225. The highest BCUT2D eigenvalue weighted by atomic mass is 16.5. The molecular formula is C15H24N2O2. The van der Waals surface area contributed by atoms with Crippen LogP contribution in [0.1, 0.15) is 25.8 Å². The quantitative estimate of drug-likeness (QED) is 0.797. The number of aliphatic hydroxyl groups excluding tert-OH is 1. The van der Waals surface area contributed by atoms with Crippen LogP contribution in [0.4, 0.5) is 5.69 Å². The van der Waals surface area contributed by atoms with Crippen molar-refractivity contribution in [1.82, 2.24) is 4.90 Å². The lowest BCUT2D eigenvalue weighted by Crippen LogP contribution is -2.24. The number of hydrogen-bond acceptors (Lipinski definition) is 4. The molecule has 1 fully saturated rings. The summed E-state index contributed by atoms with van der Waals surface area (Å²) in [5.41, 5.74) is 7.76. The summed E-state index contributed by atoms with van der Waals surface area (Å²) >= 11 is 0. The Labute approximate surface area is 115 Å². The first-order valence-electron chi connectivity index (χ1n) is 7.01. The molecular weight excluding hydrogens is 240 g/mol. The van der Waals surface area contributed by atoms with Gasteiger partial charge in [0.1, 0.15) is 5.75 Å². The van der Waals surface area contributed by atoms with Crippen LogP contribution < -0.4 is 10.5 Å². The lowest BCUT2D eigenvalue weighted by atomic mass is 10.0. The fraction of sp³-hybridized carbons (Fsp3) is 0.600. The Balaban J connectivity index is 2.04. The Bertz CT molecular complexity index is 421. The van der Waals surface area contributed by atoms with Crippen molar-refractivity contribution in [2.24, 2.45) is 5.92 Å². The van der Waals surface area contributed by atoms with Crippen LogP contribution in [-0.2, 0) is 6.54 Å². The van der Waals surface area contributed by atoms with Gasteiger partial charge in [-0.1, -0.05) is 0 Å². The summed E-state index contributed by atoms with van der Waals surface area (Å²) in [7, 11) is 0. The number of nitrogen functional groups attached to an aromatic ring is 1. The van der Waals surface area contributed by atoms with Crippen LogP contribution in [0.3, 0.4) is 0 Å². The Kier molecular flexibility index (Phi) is 4.66. The zero-order valence-corrected chi connectivity index (χ0v) is 11.8. The molecule has 0 aliphatic carbocycles. The van der Waals surface area contributed by atoms with E-state index in [4.69, 9.17) is 10.5 Å². The fourth-order valence-electron chi connectivity index (χ4n) is 2.66. The lowest BCUT2D eigenvalue weighted by Gasteiger charge is -2.19. The van der Waals surface area contributed by atoms with Gasteiger partial charge in [-0.25, -0.2) is 0 Å². The van der Waals surface area contributed by atoms with Crippen molar-refractivity contribution in [2.75, 3.05) is 25.4 Å². The van der Waals surface area contributed by atoms with Gasteiger partial charge < -0.3 is 15.6 Å². The van der Waals surface area contributed by atoms with Gasteiger partial charge in [-0.2, -0.15) is 0 Å². The van der Waals surface area contributed by atoms with Crippen molar-refractivity contribution in [1.29, 1.82) is 0 Å². The van der Waals surface area contributed by atoms with Crippen LogP contribution in [-0.4, -0.2) is 35.8 Å². The standard InChI is InChI=1S/C15H24N2O2/c1-3-19-15-5-4-14(16)8-13(15)10-17-7-6-12(9-17)11(2)18/h4-5,8,11-12,18H,3,6-7,9-10,16H2,1-2H3. The van der Waals surface area contributed by atoms with Crippen LogP contribution in [0.25, 0.3) is 0 Å². The summed E-state index contributed by atoms with van der Waals surface area (Å²) in [6.07, 6.45) is 0.835. The van der Waals surface area contributed by atoms with Gasteiger partial charge in [0, 0.05) is 24.3 Å². The summed E-state index contributed by atoms with van der Waals surface area (Å²) < 4.78 is 5.64. The number of benzene rings is 1. The summed E-state index contributed by atoms with van der Waals surface area (Å²) in [6, 6.07) is 5.80. The Morgan fingerprint density at radius 2 is 2.32 bits per heavy atom. The van der Waals surface area contributed by atoms with Crippen molar-refractivity contribution in [2.45, 2.75) is 32.9 Å². The molecule has 1 aromatic carbocycles. The largest absolute Gasteiger partial charge is 0.494 e. The average Bonchev–Trinajstić information content (AvgIpc) is 2.81. The molecule has 4 nitrogen and oxygen atoms in total. The van der Waals surface area contributed by atoms with E-state index in [2.05, 4.69) is 4.90 Å². The second kappa shape index (κ2) is 6.26. The molecule has 1 aliphatic rings. The maximum atomic E-state index is 9.65. The molecule has 1 aliphatic heterocycles. The summed E-state index contributed by atoms with van der Waals surface area (Å²) in [5.74, 6) is 1.30. The Morgan fingerprint density at radius 3 is 2.95 bits per heavy atom. The van der Waals surface area contributed by atoms with Crippen molar-refractivity contribution in [3.63, 3.8) is 0 Å². The number of ether oxygens (including phenoxy) is 1. The third-order valence-corrected chi connectivity index (χ3v) is 3.77. The normalized spacial score (nSPS) is 21.5. The molecule has 0 amide bonds. The van der Waals surface area contributed by atoms with Gasteiger partial charge in [0.2, 0.25) is 0 Å². The van der Waals surface area contributed by atoms with Crippen LogP contribution in [0.2, 0.25) is 0 Å². The molecule has 0 radical (unpaired) electrons. The van der Waals surface area contributed by atoms with Crippen LogP contribution >= 0.6 is 0 Å². The molecule has 1 saturated heterocycles. The monoisotopic (exact) mass is 264 g/mol. The Morgan fingerprint density at radius 1 is 1.53 bits per heavy atom. The maximum Gasteiger partial charge on any atom is 0.123 e. The molecule has 0 spiro atoms. The van der Waals surface area contributed by atoms with Gasteiger partial charge in [0.15, 0.2) is 0 Å². The molecule has 106 valence electrons. The minimum atomic E-state index is -0.225. The summed E-state index contributed by atoms with van der Waals surface area (Å²) in [4.78, 5) is 2.36. The van der Waals surface area contributed by atoms with Gasteiger partial charge >= 0.3 is 0 Å². The molecule has 2 atom stereocenters. The molecule has 1 aromatic rings. The number of likely N-dealkylation sites (tertiary alicyclic amines) is 1. The van der Waals surface area contributed by atoms with E-state index in [1.165, 1.54) is 0 Å². The van der Waals surface area contributed by atoms with E-state index < -0.39 is 0 Å². The first-order chi connectivity index (χ1) is 9.10. The third kappa shape index (κ3) is 3.61. The fourth-order valence-corrected chi connectivity index (χ4v) is 2.66. The molecule has 4 heteroatoms. The van der Waals surface area contributed by atoms with Gasteiger partial charge in [0.05, 0.1) is 12.7 Å². The first kappa shape index (κ1) is 14.2. The second-order valence-electron chi connectivity index (χ2n) is 5.32. The first-order valence-corrected chi connectivity index (χ1v) is 7.01. The number of nitrogens with zero attached hydrogens (tertiary/aromatic N) is 1. The van der Waals surface area contributed by atoms with Crippen molar-refractivity contribution >= 4 is 5.69 Å². The highest BCUT2D eigenvalue weighted by molar-refractivity contribution is 5.47. The van der Waals surface area contributed by atoms with E-state index in [9.17, 15) is 5.11 Å². The van der Waals surface area contributed by atoms with Crippen molar-refractivity contribution < 1.29 is 9.84 Å². The molecule has 0 bridgehead atoms. The highest BCUT2D eigenvalue weighted by Gasteiger charge is 2.26. The smallest absolute Gasteiger partial charge is 0.123 e. The predicted octanol–water partition coefficient (Wildman–Crippen LogP) is 1.87. The predicted molar refractivity (Wildman–Crippen MR) is 77.1 cm³/mol. The summed E-state index contributed by atoms with van der Waals surface area (Å²) in [5, 5.41) is 9.65. The van der Waals surface area contributed by atoms with Gasteiger partial charge in [-0.3, -0.25) is 4.90 Å². The molecule has 19 heavy (non-hydrogen) atoms. The van der Waals surface area contributed by atoms with Gasteiger partial charge in [-0.05, 0) is 50.9 Å². The molecule has 1 heterocycles. The van der Waals surface area contributed by atoms with Gasteiger partial charge in [-0.15, -0.1) is 0 Å². The zero-order chi connectivity index (χ0) is 13.8. The topological polar surface area (TPSA) is 58.7 Å². The number of nitrogens with two attached hydrogens (primary N) is 1. The van der Waals surface area contributed by atoms with Crippen LogP contribution in [0, 0.1) is 5.92 Å². The van der Waals surface area contributed by atoms with Crippen molar-refractivity contribution in [3.8, 4) is 5.75 Å². The number of aliphatic hydroxyl groups is 1. The van der Waals surface area contributed by atoms with Crippen LogP contribution in [0.5, 0.6) is 5.75 Å². The second-order valence-corrected chi connectivity index (χ2v) is 5.32. The molecule has 3 N–H and O–H groups in total. The van der Waals surface area contributed by atoms with E-state index in [1.807, 2.05) is 32.0 Å². The van der Waals surface area contributed by atoms with Gasteiger partial charge in [0.25, 0.3) is 0 Å². The van der Waals surface area contributed by atoms with Crippen molar-refractivity contribution in [3.05, 3.63) is 23.8 Å². The molecule has 2 rings (SSSR count). The van der Waals surface area contributed by atoms with E-state index >= 15 is 0 Å². The number of hydrogen-bond donors (Lipinski definition) is 2. The SMILES string of the molecule is CCOc1ccc(N)cc1CN1CCC(C(C)O)C1.